The molecule has 1 amide bonds. The van der Waals surface area contributed by atoms with E-state index in [1.165, 1.54) is 17.9 Å². The fourth-order valence-corrected chi connectivity index (χ4v) is 2.61. The first-order valence-electron chi connectivity index (χ1n) is 7.80. The molecule has 0 spiro atoms. The van der Waals surface area contributed by atoms with E-state index in [2.05, 4.69) is 26.3 Å². The number of carbonyl (C=O) groups excluding carboxylic acids is 1. The molecule has 0 radical (unpaired) electrons. The molecule has 0 saturated heterocycles. The fourth-order valence-electron chi connectivity index (χ4n) is 2.35. The Labute approximate surface area is 158 Å². The van der Waals surface area contributed by atoms with Crippen LogP contribution in [-0.2, 0) is 0 Å². The molecule has 1 aromatic heterocycles. The average Bonchev–Trinajstić information content (AvgIpc) is 2.64. The second-order valence-electron chi connectivity index (χ2n) is 5.61. The number of hydrogen-bond donors (Lipinski definition) is 1. The molecule has 6 nitrogen and oxygen atoms in total. The number of nitrogens with zero attached hydrogens (tertiary/aromatic N) is 2. The van der Waals surface area contributed by atoms with E-state index in [9.17, 15) is 9.59 Å². The highest BCUT2D eigenvalue weighted by atomic mass is 79.9. The smallest absolute Gasteiger partial charge is 0.279 e. The zero-order chi connectivity index (χ0) is 18.7. The van der Waals surface area contributed by atoms with Gasteiger partial charge in [0.1, 0.15) is 0 Å². The second kappa shape index (κ2) is 7.53. The number of nitrogens with one attached hydrogen (secondary N) is 1. The van der Waals surface area contributed by atoms with Crippen LogP contribution in [0.15, 0.2) is 63.9 Å². The van der Waals surface area contributed by atoms with Crippen LogP contribution in [-0.4, -0.2) is 22.8 Å². The summed E-state index contributed by atoms with van der Waals surface area (Å²) in [5.74, 6) is -0.349. The maximum absolute atomic E-state index is 12.6. The maximum Gasteiger partial charge on any atom is 0.279 e. The number of methoxy groups -OCH3 is 1. The molecule has 0 aliphatic rings. The van der Waals surface area contributed by atoms with Gasteiger partial charge in [-0.3, -0.25) is 9.59 Å². The molecule has 0 unspecified atom stereocenters. The predicted molar refractivity (Wildman–Crippen MR) is 103 cm³/mol. The number of hydrogen-bond acceptors (Lipinski definition) is 4. The third-order valence-electron chi connectivity index (χ3n) is 3.71. The van der Waals surface area contributed by atoms with Crippen molar-refractivity contribution in [3.63, 3.8) is 0 Å². The van der Waals surface area contributed by atoms with Crippen LogP contribution in [0.1, 0.15) is 16.1 Å². The molecule has 7 heteroatoms. The average molecular weight is 414 g/mol. The van der Waals surface area contributed by atoms with E-state index in [1.807, 2.05) is 31.2 Å². The van der Waals surface area contributed by atoms with Crippen LogP contribution >= 0.6 is 15.9 Å². The highest BCUT2D eigenvalue weighted by Crippen LogP contribution is 2.18. The van der Waals surface area contributed by atoms with E-state index < -0.39 is 5.91 Å². The lowest BCUT2D eigenvalue weighted by atomic mass is 10.2. The van der Waals surface area contributed by atoms with Gasteiger partial charge in [-0.05, 0) is 43.3 Å². The standard InChI is InChI=1S/C19H16BrN3O3/c1-12-3-9-15(10-4-12)23-17(24)11-16(26-2)18(22-23)19(25)21-14-7-5-13(20)6-8-14/h3-11H,1-2H3,(H,21,25). The van der Waals surface area contributed by atoms with Crippen molar-refractivity contribution >= 4 is 27.5 Å². The Morgan fingerprint density at radius 3 is 2.38 bits per heavy atom. The number of amides is 1. The summed E-state index contributed by atoms with van der Waals surface area (Å²) in [5.41, 5.74) is 1.88. The quantitative estimate of drug-likeness (QED) is 0.709. The van der Waals surface area contributed by atoms with Gasteiger partial charge in [0, 0.05) is 10.2 Å². The lowest BCUT2D eigenvalue weighted by Crippen LogP contribution is -2.26. The van der Waals surface area contributed by atoms with Crippen molar-refractivity contribution in [3.8, 4) is 11.4 Å². The normalized spacial score (nSPS) is 10.4. The number of rotatable bonds is 4. The van der Waals surface area contributed by atoms with Crippen molar-refractivity contribution in [1.29, 1.82) is 0 Å². The Kier molecular flexibility index (Phi) is 5.18. The first-order chi connectivity index (χ1) is 12.5. The van der Waals surface area contributed by atoms with Crippen LogP contribution in [0.5, 0.6) is 5.75 Å². The Hall–Kier alpha value is -2.93. The first-order valence-corrected chi connectivity index (χ1v) is 8.59. The van der Waals surface area contributed by atoms with E-state index in [0.29, 0.717) is 11.4 Å². The zero-order valence-electron chi connectivity index (χ0n) is 14.2. The molecule has 3 rings (SSSR count). The summed E-state index contributed by atoms with van der Waals surface area (Å²) in [7, 11) is 1.39. The number of carbonyl (C=O) groups is 1. The largest absolute Gasteiger partial charge is 0.494 e. The molecular weight excluding hydrogens is 398 g/mol. The third kappa shape index (κ3) is 3.83. The van der Waals surface area contributed by atoms with Crippen molar-refractivity contribution in [2.45, 2.75) is 6.92 Å². The molecule has 0 fully saturated rings. The van der Waals surface area contributed by atoms with Crippen molar-refractivity contribution in [3.05, 3.63) is 80.7 Å². The summed E-state index contributed by atoms with van der Waals surface area (Å²) in [4.78, 5) is 25.0. The van der Waals surface area contributed by atoms with Gasteiger partial charge < -0.3 is 10.1 Å². The molecule has 132 valence electrons. The van der Waals surface area contributed by atoms with Crippen molar-refractivity contribution in [1.82, 2.24) is 9.78 Å². The minimum Gasteiger partial charge on any atom is -0.494 e. The van der Waals surface area contributed by atoms with Crippen LogP contribution in [0, 0.1) is 6.92 Å². The Morgan fingerprint density at radius 2 is 1.77 bits per heavy atom. The zero-order valence-corrected chi connectivity index (χ0v) is 15.8. The molecule has 0 atom stereocenters. The van der Waals surface area contributed by atoms with Gasteiger partial charge in [-0.25, -0.2) is 0 Å². The highest BCUT2D eigenvalue weighted by Gasteiger charge is 2.18. The molecule has 1 heterocycles. The number of aromatic nitrogens is 2. The minimum absolute atomic E-state index is 0.0237. The van der Waals surface area contributed by atoms with Crippen molar-refractivity contribution in [2.24, 2.45) is 0 Å². The van der Waals surface area contributed by atoms with E-state index in [4.69, 9.17) is 4.74 Å². The van der Waals surface area contributed by atoms with E-state index >= 15 is 0 Å². The van der Waals surface area contributed by atoms with Gasteiger partial charge in [-0.2, -0.15) is 9.78 Å². The summed E-state index contributed by atoms with van der Waals surface area (Å²) in [6.07, 6.45) is 0. The monoisotopic (exact) mass is 413 g/mol. The van der Waals surface area contributed by atoms with Crippen LogP contribution in [0.4, 0.5) is 5.69 Å². The fraction of sp³-hybridized carbons (Fsp3) is 0.105. The van der Waals surface area contributed by atoms with Crippen molar-refractivity contribution in [2.75, 3.05) is 12.4 Å². The summed E-state index contributed by atoms with van der Waals surface area (Å²) in [6, 6.07) is 15.7. The van der Waals surface area contributed by atoms with E-state index in [0.717, 1.165) is 10.0 Å². The SMILES string of the molecule is COc1cc(=O)n(-c2ccc(C)cc2)nc1C(=O)Nc1ccc(Br)cc1. The molecule has 26 heavy (non-hydrogen) atoms. The van der Waals surface area contributed by atoms with Gasteiger partial charge in [-0.1, -0.05) is 33.6 Å². The number of anilines is 1. The van der Waals surface area contributed by atoms with Crippen LogP contribution in [0.2, 0.25) is 0 Å². The molecule has 0 aliphatic carbocycles. The molecule has 0 bridgehead atoms. The van der Waals surface area contributed by atoms with Gasteiger partial charge in [0.25, 0.3) is 11.5 Å². The summed E-state index contributed by atoms with van der Waals surface area (Å²) < 4.78 is 7.25. The van der Waals surface area contributed by atoms with Crippen LogP contribution in [0.25, 0.3) is 5.69 Å². The maximum atomic E-state index is 12.6. The Morgan fingerprint density at radius 1 is 1.12 bits per heavy atom. The van der Waals surface area contributed by atoms with Gasteiger partial charge in [0.05, 0.1) is 18.9 Å². The summed E-state index contributed by atoms with van der Waals surface area (Å²) in [6.45, 7) is 1.95. The lowest BCUT2D eigenvalue weighted by molar-refractivity contribution is 0.101. The Balaban J connectivity index is 2.00. The topological polar surface area (TPSA) is 73.2 Å². The highest BCUT2D eigenvalue weighted by molar-refractivity contribution is 9.10. The lowest BCUT2D eigenvalue weighted by Gasteiger charge is -2.11. The van der Waals surface area contributed by atoms with E-state index in [-0.39, 0.29) is 17.0 Å². The number of benzene rings is 2. The third-order valence-corrected chi connectivity index (χ3v) is 4.24. The van der Waals surface area contributed by atoms with Gasteiger partial charge >= 0.3 is 0 Å². The summed E-state index contributed by atoms with van der Waals surface area (Å²) in [5, 5.41) is 6.96. The summed E-state index contributed by atoms with van der Waals surface area (Å²) >= 11 is 3.34. The first kappa shape index (κ1) is 17.9. The van der Waals surface area contributed by atoms with Gasteiger partial charge in [-0.15, -0.1) is 0 Å². The van der Waals surface area contributed by atoms with Crippen LogP contribution < -0.4 is 15.6 Å². The van der Waals surface area contributed by atoms with Crippen LogP contribution in [0.3, 0.4) is 0 Å². The Bertz CT molecular complexity index is 996. The van der Waals surface area contributed by atoms with Gasteiger partial charge in [0.2, 0.25) is 0 Å². The molecule has 0 saturated carbocycles. The molecule has 0 aliphatic heterocycles. The molecule has 1 N–H and O–H groups in total. The minimum atomic E-state index is -0.468. The molecular formula is C19H16BrN3O3. The number of halogens is 1. The van der Waals surface area contributed by atoms with E-state index in [1.54, 1.807) is 24.3 Å². The predicted octanol–water partition coefficient (Wildman–Crippen LogP) is 3.56. The number of ether oxygens (including phenoxy) is 1. The molecule has 3 aromatic rings. The van der Waals surface area contributed by atoms with Crippen molar-refractivity contribution < 1.29 is 9.53 Å². The van der Waals surface area contributed by atoms with Gasteiger partial charge in [0.15, 0.2) is 11.4 Å². The second-order valence-corrected chi connectivity index (χ2v) is 6.52. The molecule has 2 aromatic carbocycles. The number of aryl methyl sites for hydroxylation is 1.